The van der Waals surface area contributed by atoms with Crippen molar-refractivity contribution >= 4 is 23.7 Å². The maximum absolute atomic E-state index is 13.5. The lowest BCUT2D eigenvalue weighted by Gasteiger charge is -2.32. The smallest absolute Gasteiger partial charge is 0.329 e. The second-order valence-corrected chi connectivity index (χ2v) is 11.1. The molecule has 0 bridgehead atoms. The average Bonchev–Trinajstić information content (AvgIpc) is 3.40. The fourth-order valence-electron chi connectivity index (χ4n) is 4.69. The summed E-state index contributed by atoms with van der Waals surface area (Å²) in [6, 6.07) is 6.29. The number of carbonyl (C=O) groups is 4. The van der Waals surface area contributed by atoms with Crippen molar-refractivity contribution in [2.24, 2.45) is 5.73 Å². The molecule has 0 aromatic heterocycles. The Morgan fingerprint density at radius 3 is 2.50 bits per heavy atom. The van der Waals surface area contributed by atoms with Gasteiger partial charge in [-0.25, -0.2) is 4.79 Å². The summed E-state index contributed by atoms with van der Waals surface area (Å²) >= 11 is 0. The van der Waals surface area contributed by atoms with E-state index < -0.39 is 53.5 Å². The zero-order chi connectivity index (χ0) is 29.3. The zero-order valence-corrected chi connectivity index (χ0v) is 23.4. The van der Waals surface area contributed by atoms with Gasteiger partial charge in [-0.15, -0.1) is 0 Å². The van der Waals surface area contributed by atoms with Gasteiger partial charge in [-0.05, 0) is 51.7 Å². The molecular formula is C29H41N5O6. The van der Waals surface area contributed by atoms with Crippen LogP contribution >= 0.6 is 0 Å². The molecule has 1 unspecified atom stereocenters. The first-order chi connectivity index (χ1) is 18.9. The van der Waals surface area contributed by atoms with E-state index in [2.05, 4.69) is 10.6 Å². The highest BCUT2D eigenvalue weighted by Gasteiger charge is 2.41. The molecule has 0 aliphatic carbocycles. The molecule has 4 atom stereocenters. The molecule has 2 aliphatic rings. The van der Waals surface area contributed by atoms with Crippen molar-refractivity contribution in [1.82, 2.24) is 20.4 Å². The molecule has 3 amide bonds. The Kier molecular flexibility index (Phi) is 10.9. The number of hydrogen-bond donors (Lipinski definition) is 4. The summed E-state index contributed by atoms with van der Waals surface area (Å²) in [5.74, 6) is -2.44. The third-order valence-corrected chi connectivity index (χ3v) is 6.62. The lowest BCUT2D eigenvalue weighted by Crippen LogP contribution is -2.58. The normalized spacial score (nSPS) is 19.1. The van der Waals surface area contributed by atoms with E-state index in [0.29, 0.717) is 19.4 Å². The highest BCUT2D eigenvalue weighted by molar-refractivity contribution is 5.90. The Hall–Kier alpha value is -3.70. The van der Waals surface area contributed by atoms with Gasteiger partial charge in [-0.1, -0.05) is 42.5 Å². The van der Waals surface area contributed by atoms with Gasteiger partial charge in [0.2, 0.25) is 11.8 Å². The minimum Gasteiger partial charge on any atom is -0.458 e. The minimum absolute atomic E-state index is 0.146. The molecule has 3 rings (SSSR count). The molecule has 2 aliphatic heterocycles. The number of primary amides is 1. The molecule has 2 heterocycles. The third kappa shape index (κ3) is 9.20. The van der Waals surface area contributed by atoms with Gasteiger partial charge in [-0.3, -0.25) is 19.7 Å². The summed E-state index contributed by atoms with van der Waals surface area (Å²) in [7, 11) is 0. The lowest BCUT2D eigenvalue weighted by molar-refractivity contribution is -0.165. The Labute approximate surface area is 235 Å². The van der Waals surface area contributed by atoms with E-state index >= 15 is 0 Å². The van der Waals surface area contributed by atoms with E-state index in [1.807, 2.05) is 59.7 Å². The van der Waals surface area contributed by atoms with Gasteiger partial charge in [0.25, 0.3) is 5.91 Å². The highest BCUT2D eigenvalue weighted by atomic mass is 16.6. The SMILES string of the molecule is CC(C)(C)OC(=O)[C@@H]1CCCN1C(=O)C(O)[C@H](Cc1ccccc1)NC(=O)[C@H](CC(N)=O)NCN1C=CC=CC1. The number of aliphatic hydroxyl groups is 1. The van der Waals surface area contributed by atoms with Crippen LogP contribution in [0.2, 0.25) is 0 Å². The van der Waals surface area contributed by atoms with Gasteiger partial charge in [-0.2, -0.15) is 0 Å². The number of esters is 1. The summed E-state index contributed by atoms with van der Waals surface area (Å²) in [5.41, 5.74) is 5.48. The Balaban J connectivity index is 1.77. The van der Waals surface area contributed by atoms with Crippen LogP contribution in [0.15, 0.2) is 54.8 Å². The highest BCUT2D eigenvalue weighted by Crippen LogP contribution is 2.23. The van der Waals surface area contributed by atoms with Crippen LogP contribution < -0.4 is 16.4 Å². The standard InChI is InChI=1S/C29H41N5O6/c1-29(2,3)40-28(39)23-13-10-16-34(23)27(38)25(36)21(17-20-11-6-4-7-12-20)32-26(37)22(18-24(30)35)31-19-33-14-8-5-9-15-33/h4-9,11-12,14,21-23,25,31,36H,10,13,15-19H2,1-3H3,(H2,30,35)(H,32,37)/t21-,22-,23-,25?/m0/s1. The molecule has 0 spiro atoms. The number of amides is 3. The second kappa shape index (κ2) is 14.1. The first kappa shape index (κ1) is 30.8. The maximum Gasteiger partial charge on any atom is 0.329 e. The van der Waals surface area contributed by atoms with Crippen molar-refractivity contribution in [3.05, 3.63) is 60.3 Å². The number of benzene rings is 1. The van der Waals surface area contributed by atoms with Crippen LogP contribution in [0, 0.1) is 0 Å². The topological polar surface area (TPSA) is 154 Å². The number of carbonyl (C=O) groups excluding carboxylic acids is 4. The summed E-state index contributed by atoms with van der Waals surface area (Å²) < 4.78 is 5.50. The van der Waals surface area contributed by atoms with Crippen molar-refractivity contribution in [2.75, 3.05) is 19.8 Å². The van der Waals surface area contributed by atoms with Crippen LogP contribution in [0.1, 0.15) is 45.6 Å². The molecular weight excluding hydrogens is 514 g/mol. The fraction of sp³-hybridized carbons (Fsp3) is 0.517. The number of nitrogens with zero attached hydrogens (tertiary/aromatic N) is 2. The van der Waals surface area contributed by atoms with Crippen molar-refractivity contribution in [3.8, 4) is 0 Å². The summed E-state index contributed by atoms with van der Waals surface area (Å²) in [4.78, 5) is 54.7. The second-order valence-electron chi connectivity index (χ2n) is 11.1. The molecule has 40 heavy (non-hydrogen) atoms. The number of allylic oxidation sites excluding steroid dienone is 2. The number of rotatable bonds is 12. The van der Waals surface area contributed by atoms with Gasteiger partial charge in [0.05, 0.1) is 25.2 Å². The van der Waals surface area contributed by atoms with Gasteiger partial charge in [0, 0.05) is 19.3 Å². The first-order valence-electron chi connectivity index (χ1n) is 13.6. The van der Waals surface area contributed by atoms with E-state index in [4.69, 9.17) is 10.5 Å². The third-order valence-electron chi connectivity index (χ3n) is 6.62. The van der Waals surface area contributed by atoms with Crippen LogP contribution in [0.4, 0.5) is 0 Å². The average molecular weight is 556 g/mol. The maximum atomic E-state index is 13.5. The molecule has 11 heteroatoms. The Morgan fingerprint density at radius 2 is 1.88 bits per heavy atom. The number of nitrogens with one attached hydrogen (secondary N) is 2. The Bertz CT molecular complexity index is 1100. The van der Waals surface area contributed by atoms with Gasteiger partial charge in [0.15, 0.2) is 6.10 Å². The van der Waals surface area contributed by atoms with Crippen molar-refractivity contribution in [3.63, 3.8) is 0 Å². The van der Waals surface area contributed by atoms with E-state index in [9.17, 15) is 24.3 Å². The van der Waals surface area contributed by atoms with Crippen LogP contribution in [0.25, 0.3) is 0 Å². The number of hydrogen-bond acceptors (Lipinski definition) is 8. The van der Waals surface area contributed by atoms with Gasteiger partial charge < -0.3 is 30.7 Å². The Morgan fingerprint density at radius 1 is 1.15 bits per heavy atom. The fourth-order valence-corrected chi connectivity index (χ4v) is 4.69. The number of aliphatic hydroxyl groups excluding tert-OH is 1. The zero-order valence-electron chi connectivity index (χ0n) is 23.4. The van der Waals surface area contributed by atoms with Gasteiger partial charge in [0.1, 0.15) is 11.6 Å². The molecule has 1 aromatic carbocycles. The van der Waals surface area contributed by atoms with Crippen LogP contribution in [-0.2, 0) is 30.3 Å². The number of nitrogens with two attached hydrogens (primary N) is 1. The molecule has 0 saturated carbocycles. The van der Waals surface area contributed by atoms with Crippen molar-refractivity contribution in [2.45, 2.75) is 76.3 Å². The summed E-state index contributed by atoms with van der Waals surface area (Å²) in [6.45, 7) is 6.45. The van der Waals surface area contributed by atoms with E-state index in [0.717, 1.165) is 5.56 Å². The predicted molar refractivity (Wildman–Crippen MR) is 149 cm³/mol. The summed E-state index contributed by atoms with van der Waals surface area (Å²) in [6.07, 6.45) is 6.81. The van der Waals surface area contributed by atoms with Crippen LogP contribution in [-0.4, -0.2) is 88.2 Å². The largest absolute Gasteiger partial charge is 0.458 e. The molecule has 5 N–H and O–H groups in total. The van der Waals surface area contributed by atoms with E-state index in [1.54, 1.807) is 20.8 Å². The predicted octanol–water partition coefficient (Wildman–Crippen LogP) is 0.584. The molecule has 0 radical (unpaired) electrons. The van der Waals surface area contributed by atoms with Gasteiger partial charge >= 0.3 is 5.97 Å². The van der Waals surface area contributed by atoms with Crippen molar-refractivity contribution < 1.29 is 29.0 Å². The first-order valence-corrected chi connectivity index (χ1v) is 13.6. The molecule has 11 nitrogen and oxygen atoms in total. The number of ether oxygens (including phenoxy) is 1. The quantitative estimate of drug-likeness (QED) is 0.273. The summed E-state index contributed by atoms with van der Waals surface area (Å²) in [5, 5.41) is 17.1. The molecule has 1 saturated heterocycles. The molecule has 1 fully saturated rings. The minimum atomic E-state index is -1.64. The monoisotopic (exact) mass is 555 g/mol. The molecule has 218 valence electrons. The van der Waals surface area contributed by atoms with E-state index in [1.165, 1.54) is 4.90 Å². The van der Waals surface area contributed by atoms with Crippen LogP contribution in [0.5, 0.6) is 0 Å². The molecule has 1 aromatic rings. The van der Waals surface area contributed by atoms with Crippen LogP contribution in [0.3, 0.4) is 0 Å². The van der Waals surface area contributed by atoms with E-state index in [-0.39, 0.29) is 26.1 Å². The van der Waals surface area contributed by atoms with Crippen molar-refractivity contribution in [1.29, 1.82) is 0 Å². The number of likely N-dealkylation sites (tertiary alicyclic amines) is 1. The lowest BCUT2D eigenvalue weighted by atomic mass is 9.99.